The number of unbranched alkanes of at least 4 members (excludes halogenated alkanes) is 2. The molecule has 1 heteroatoms. The van der Waals surface area contributed by atoms with E-state index < -0.39 is 0 Å². The fourth-order valence-corrected chi connectivity index (χ4v) is 4.56. The summed E-state index contributed by atoms with van der Waals surface area (Å²) in [5, 5.41) is 0. The standard InChI is InChI=1S/C22H38O/c1-3-5-6-7-8-19-9-13-21(14-10-19)22-15-11-20(12-16-22)18-23-17-4-2/h4,7-8,19-22H,2-3,5-6,9-18H2,1H3/b8-7+. The van der Waals surface area contributed by atoms with Crippen LogP contribution in [0, 0.1) is 23.7 Å². The molecule has 0 N–H and O–H groups in total. The van der Waals surface area contributed by atoms with Crippen LogP contribution in [0.3, 0.4) is 0 Å². The molecule has 132 valence electrons. The summed E-state index contributed by atoms with van der Waals surface area (Å²) in [4.78, 5) is 0. The minimum absolute atomic E-state index is 0.718. The largest absolute Gasteiger partial charge is 0.377 e. The van der Waals surface area contributed by atoms with Gasteiger partial charge in [0.05, 0.1) is 6.61 Å². The lowest BCUT2D eigenvalue weighted by Crippen LogP contribution is -2.26. The van der Waals surface area contributed by atoms with Gasteiger partial charge in [0.15, 0.2) is 0 Å². The van der Waals surface area contributed by atoms with Crippen LogP contribution in [0.2, 0.25) is 0 Å². The van der Waals surface area contributed by atoms with E-state index in [-0.39, 0.29) is 0 Å². The first-order valence-electron chi connectivity index (χ1n) is 10.2. The molecule has 0 aromatic rings. The molecule has 2 aliphatic rings. The van der Waals surface area contributed by atoms with Crippen LogP contribution >= 0.6 is 0 Å². The number of allylic oxidation sites excluding steroid dienone is 2. The van der Waals surface area contributed by atoms with Crippen molar-refractivity contribution in [1.29, 1.82) is 0 Å². The molecule has 0 spiro atoms. The molecule has 0 saturated heterocycles. The number of rotatable bonds is 9. The molecule has 2 rings (SSSR count). The second kappa shape index (κ2) is 11.1. The summed E-state index contributed by atoms with van der Waals surface area (Å²) < 4.78 is 5.65. The highest BCUT2D eigenvalue weighted by molar-refractivity contribution is 4.92. The van der Waals surface area contributed by atoms with Crippen LogP contribution in [0.25, 0.3) is 0 Å². The zero-order valence-corrected chi connectivity index (χ0v) is 15.3. The van der Waals surface area contributed by atoms with Crippen LogP contribution in [0.1, 0.15) is 77.6 Å². The normalized spacial score (nSPS) is 32.2. The maximum atomic E-state index is 5.65. The van der Waals surface area contributed by atoms with Crippen molar-refractivity contribution < 1.29 is 4.74 Å². The van der Waals surface area contributed by atoms with Gasteiger partial charge >= 0.3 is 0 Å². The quantitative estimate of drug-likeness (QED) is 0.346. The topological polar surface area (TPSA) is 9.23 Å². The third-order valence-electron chi connectivity index (χ3n) is 6.10. The molecule has 1 nitrogen and oxygen atoms in total. The summed E-state index contributed by atoms with van der Waals surface area (Å²) in [5.41, 5.74) is 0. The molecule has 0 unspecified atom stereocenters. The third-order valence-corrected chi connectivity index (χ3v) is 6.10. The lowest BCUT2D eigenvalue weighted by atomic mass is 9.69. The predicted octanol–water partition coefficient (Wildman–Crippen LogP) is 6.55. The lowest BCUT2D eigenvalue weighted by Gasteiger charge is -2.37. The highest BCUT2D eigenvalue weighted by Gasteiger charge is 2.30. The molecule has 0 radical (unpaired) electrons. The molecular formula is C22H38O. The van der Waals surface area contributed by atoms with Crippen molar-refractivity contribution in [2.24, 2.45) is 23.7 Å². The van der Waals surface area contributed by atoms with Crippen LogP contribution in [-0.2, 0) is 4.74 Å². The molecule has 0 atom stereocenters. The minimum Gasteiger partial charge on any atom is -0.377 e. The first-order chi connectivity index (χ1) is 11.3. The van der Waals surface area contributed by atoms with Crippen LogP contribution in [0.5, 0.6) is 0 Å². The minimum atomic E-state index is 0.718. The molecule has 0 bridgehead atoms. The van der Waals surface area contributed by atoms with Crippen molar-refractivity contribution in [3.63, 3.8) is 0 Å². The number of ether oxygens (including phenoxy) is 1. The highest BCUT2D eigenvalue weighted by Crippen LogP contribution is 2.41. The second-order valence-electron chi connectivity index (χ2n) is 7.85. The highest BCUT2D eigenvalue weighted by atomic mass is 16.5. The van der Waals surface area contributed by atoms with Gasteiger partial charge in [0.1, 0.15) is 0 Å². The Morgan fingerprint density at radius 1 is 0.957 bits per heavy atom. The summed E-state index contributed by atoms with van der Waals surface area (Å²) in [6.45, 7) is 7.67. The smallest absolute Gasteiger partial charge is 0.0644 e. The van der Waals surface area contributed by atoms with Gasteiger partial charge in [-0.25, -0.2) is 0 Å². The average Bonchev–Trinajstić information content (AvgIpc) is 2.60. The average molecular weight is 319 g/mol. The zero-order chi connectivity index (χ0) is 16.3. The van der Waals surface area contributed by atoms with Gasteiger partial charge in [-0.15, -0.1) is 6.58 Å². The Labute approximate surface area is 144 Å². The third kappa shape index (κ3) is 6.83. The van der Waals surface area contributed by atoms with E-state index >= 15 is 0 Å². The van der Waals surface area contributed by atoms with E-state index in [2.05, 4.69) is 25.7 Å². The van der Waals surface area contributed by atoms with E-state index in [1.165, 1.54) is 70.6 Å². The van der Waals surface area contributed by atoms with E-state index in [9.17, 15) is 0 Å². The first-order valence-corrected chi connectivity index (χ1v) is 10.2. The molecule has 0 heterocycles. The summed E-state index contributed by atoms with van der Waals surface area (Å²) in [5.74, 6) is 3.72. The van der Waals surface area contributed by atoms with Gasteiger partial charge in [-0.1, -0.05) is 38.0 Å². The SMILES string of the molecule is C=CCOCC1CCC(C2CCC(/C=C/CCCC)CC2)CC1. The van der Waals surface area contributed by atoms with Gasteiger partial charge < -0.3 is 4.74 Å². The van der Waals surface area contributed by atoms with Crippen LogP contribution in [-0.4, -0.2) is 13.2 Å². The van der Waals surface area contributed by atoms with Crippen LogP contribution in [0.4, 0.5) is 0 Å². The monoisotopic (exact) mass is 318 g/mol. The molecular weight excluding hydrogens is 280 g/mol. The van der Waals surface area contributed by atoms with E-state index in [4.69, 9.17) is 4.74 Å². The Morgan fingerprint density at radius 3 is 2.22 bits per heavy atom. The van der Waals surface area contributed by atoms with Crippen molar-refractivity contribution in [1.82, 2.24) is 0 Å². The maximum Gasteiger partial charge on any atom is 0.0644 e. The van der Waals surface area contributed by atoms with E-state index in [0.717, 1.165) is 36.9 Å². The molecule has 0 aromatic carbocycles. The van der Waals surface area contributed by atoms with Gasteiger partial charge in [0.2, 0.25) is 0 Å². The maximum absolute atomic E-state index is 5.65. The summed E-state index contributed by atoms with van der Waals surface area (Å²) >= 11 is 0. The summed E-state index contributed by atoms with van der Waals surface area (Å²) in [6, 6.07) is 0. The van der Waals surface area contributed by atoms with Crippen molar-refractivity contribution >= 4 is 0 Å². The van der Waals surface area contributed by atoms with E-state index in [1.54, 1.807) is 0 Å². The van der Waals surface area contributed by atoms with Gasteiger partial charge in [-0.3, -0.25) is 0 Å². The molecule has 0 aromatic heterocycles. The zero-order valence-electron chi connectivity index (χ0n) is 15.3. The fraction of sp³-hybridized carbons (Fsp3) is 0.818. The molecule has 2 aliphatic carbocycles. The Bertz CT molecular complexity index is 330. The molecule has 0 amide bonds. The molecule has 2 fully saturated rings. The van der Waals surface area contributed by atoms with Gasteiger partial charge in [-0.2, -0.15) is 0 Å². The van der Waals surface area contributed by atoms with Crippen molar-refractivity contribution in [2.75, 3.05) is 13.2 Å². The van der Waals surface area contributed by atoms with Crippen LogP contribution in [0.15, 0.2) is 24.8 Å². The summed E-state index contributed by atoms with van der Waals surface area (Å²) in [7, 11) is 0. The van der Waals surface area contributed by atoms with E-state index in [1.807, 2.05) is 6.08 Å². The van der Waals surface area contributed by atoms with Gasteiger partial charge in [-0.05, 0) is 81.5 Å². The summed E-state index contributed by atoms with van der Waals surface area (Å²) in [6.07, 6.45) is 22.3. The van der Waals surface area contributed by atoms with E-state index in [0.29, 0.717) is 0 Å². The van der Waals surface area contributed by atoms with Crippen molar-refractivity contribution in [3.05, 3.63) is 24.8 Å². The lowest BCUT2D eigenvalue weighted by molar-refractivity contribution is 0.0800. The second-order valence-corrected chi connectivity index (χ2v) is 7.85. The molecule has 0 aliphatic heterocycles. The van der Waals surface area contributed by atoms with Crippen molar-refractivity contribution in [2.45, 2.75) is 77.6 Å². The molecule has 2 saturated carbocycles. The first kappa shape index (κ1) is 18.8. The number of hydrogen-bond acceptors (Lipinski definition) is 1. The Balaban J connectivity index is 1.61. The molecule has 23 heavy (non-hydrogen) atoms. The number of hydrogen-bond donors (Lipinski definition) is 0. The Morgan fingerprint density at radius 2 is 1.61 bits per heavy atom. The van der Waals surface area contributed by atoms with Gasteiger partial charge in [0.25, 0.3) is 0 Å². The van der Waals surface area contributed by atoms with Crippen molar-refractivity contribution in [3.8, 4) is 0 Å². The predicted molar refractivity (Wildman–Crippen MR) is 101 cm³/mol. The Hall–Kier alpha value is -0.560. The van der Waals surface area contributed by atoms with Gasteiger partial charge in [0, 0.05) is 6.61 Å². The van der Waals surface area contributed by atoms with Crippen LogP contribution < -0.4 is 0 Å². The Kier molecular flexibility index (Phi) is 9.04. The fourth-order valence-electron chi connectivity index (χ4n) is 4.56.